The van der Waals surface area contributed by atoms with Crippen molar-refractivity contribution in [1.82, 2.24) is 29.8 Å². The summed E-state index contributed by atoms with van der Waals surface area (Å²) in [5, 5.41) is 26.7. The molecule has 16 heteroatoms. The van der Waals surface area contributed by atoms with Gasteiger partial charge in [0.15, 0.2) is 15.6 Å². The number of pyridine rings is 1. The number of nitrogen functional groups attached to an aromatic ring is 1. The quantitative estimate of drug-likeness (QED) is 0.159. The molecule has 1 saturated heterocycles. The van der Waals surface area contributed by atoms with Gasteiger partial charge in [0.2, 0.25) is 5.91 Å². The third kappa shape index (κ3) is 4.06. The molecule has 0 saturated carbocycles. The van der Waals surface area contributed by atoms with E-state index >= 15 is 0 Å². The Kier molecular flexibility index (Phi) is 6.31. The number of hydrogen-bond acceptors (Lipinski definition) is 12. The number of oxime groups is 1. The fourth-order valence-electron chi connectivity index (χ4n) is 3.97. The number of carboxylic acids is 1. The minimum atomic E-state index is -1.44. The summed E-state index contributed by atoms with van der Waals surface area (Å²) in [5.41, 5.74) is 6.96. The number of nitrogens with one attached hydrogen (secondary N) is 1. The van der Waals surface area contributed by atoms with E-state index in [0.29, 0.717) is 11.3 Å². The van der Waals surface area contributed by atoms with E-state index in [1.54, 1.807) is 28.2 Å². The lowest BCUT2D eigenvalue weighted by molar-refractivity contribution is -0.146. The zero-order chi connectivity index (χ0) is 25.4. The fraction of sp³-hybridized carbons (Fsp3) is 0.250. The fourth-order valence-corrected chi connectivity index (χ4v) is 7.50. The molecule has 5 rings (SSSR count). The molecule has 1 unspecified atom stereocenters. The second-order valence-electron chi connectivity index (χ2n) is 7.54. The Morgan fingerprint density at radius 3 is 3.00 bits per heavy atom. The molecule has 3 aromatic heterocycles. The van der Waals surface area contributed by atoms with Crippen LogP contribution in [0.15, 0.2) is 51.4 Å². The van der Waals surface area contributed by atoms with Crippen LogP contribution in [0.3, 0.4) is 0 Å². The molecule has 0 spiro atoms. The van der Waals surface area contributed by atoms with Crippen LogP contribution in [0.25, 0.3) is 5.65 Å². The largest absolute Gasteiger partial charge is 0.477 e. The summed E-state index contributed by atoms with van der Waals surface area (Å²) in [6.07, 6.45) is 2.61. The van der Waals surface area contributed by atoms with Gasteiger partial charge in [0, 0.05) is 16.7 Å². The Bertz CT molecular complexity index is 1440. The summed E-state index contributed by atoms with van der Waals surface area (Å²) in [5.74, 6) is -2.16. The van der Waals surface area contributed by atoms with Gasteiger partial charge in [-0.15, -0.1) is 33.3 Å². The molecule has 2 atom stereocenters. The third-order valence-corrected chi connectivity index (χ3v) is 8.79. The van der Waals surface area contributed by atoms with Gasteiger partial charge in [-0.05, 0) is 12.1 Å². The number of carbonyl (C=O) groups excluding carboxylic acids is 2. The topological polar surface area (TPSA) is 177 Å². The number of carbonyl (C=O) groups is 3. The first kappa shape index (κ1) is 24.1. The highest BCUT2D eigenvalue weighted by Gasteiger charge is 2.56. The first-order valence-electron chi connectivity index (χ1n) is 10.3. The minimum absolute atomic E-state index is 0.0849. The summed E-state index contributed by atoms with van der Waals surface area (Å²) in [6.45, 7) is 0. The Labute approximate surface area is 215 Å². The highest BCUT2D eigenvalue weighted by molar-refractivity contribution is 8.01. The molecule has 36 heavy (non-hydrogen) atoms. The maximum Gasteiger partial charge on any atom is 0.352 e. The number of nitrogens with two attached hydrogens (primary N) is 1. The molecule has 0 aromatic carbocycles. The molecule has 3 aromatic rings. The highest BCUT2D eigenvalue weighted by Crippen LogP contribution is 2.55. The Morgan fingerprint density at radius 2 is 2.31 bits per heavy atom. The normalized spacial score (nSPS) is 21.5. The second kappa shape index (κ2) is 9.44. The number of anilines is 1. The van der Waals surface area contributed by atoms with E-state index in [-0.39, 0.29) is 34.5 Å². The van der Waals surface area contributed by atoms with Crippen LogP contribution < -0.4 is 11.1 Å². The molecule has 1 fully saturated rings. The van der Waals surface area contributed by atoms with E-state index in [1.165, 1.54) is 35.5 Å². The van der Waals surface area contributed by atoms with Gasteiger partial charge >= 0.3 is 5.97 Å². The maximum absolute atomic E-state index is 12.9. The summed E-state index contributed by atoms with van der Waals surface area (Å²) >= 11 is 3.69. The van der Waals surface area contributed by atoms with E-state index < -0.39 is 22.1 Å². The summed E-state index contributed by atoms with van der Waals surface area (Å²) in [7, 11) is 1.30. The van der Waals surface area contributed by atoms with Gasteiger partial charge < -0.3 is 21.0 Å². The van der Waals surface area contributed by atoms with Crippen molar-refractivity contribution in [2.24, 2.45) is 5.16 Å². The smallest absolute Gasteiger partial charge is 0.352 e. The Hall–Kier alpha value is -3.63. The zero-order valence-electron chi connectivity index (χ0n) is 18.5. The van der Waals surface area contributed by atoms with Crippen LogP contribution in [0.1, 0.15) is 12.1 Å². The molecule has 2 amide bonds. The SMILES string of the molecule is CON=CC(=O)NC1(c2csc(N)n2)S[C@H]2CC(=O)N2C(C(=O)O)=C1CSc1cccc2nncn12. The van der Waals surface area contributed by atoms with Gasteiger partial charge in [-0.1, -0.05) is 23.0 Å². The van der Waals surface area contributed by atoms with E-state index in [9.17, 15) is 19.5 Å². The molecule has 2 aliphatic heterocycles. The Balaban J connectivity index is 1.66. The van der Waals surface area contributed by atoms with Crippen LogP contribution in [-0.4, -0.2) is 71.8 Å². The molecular formula is C20H18N8O5S3. The van der Waals surface area contributed by atoms with Gasteiger partial charge in [0.25, 0.3) is 5.91 Å². The second-order valence-corrected chi connectivity index (χ2v) is 10.8. The van der Waals surface area contributed by atoms with Crippen LogP contribution in [0.4, 0.5) is 5.13 Å². The van der Waals surface area contributed by atoms with Crippen LogP contribution in [-0.2, 0) is 24.1 Å². The number of carboxylic acid groups (broad SMARTS) is 1. The first-order chi connectivity index (χ1) is 17.3. The van der Waals surface area contributed by atoms with Crippen molar-refractivity contribution < 1.29 is 24.3 Å². The number of β-lactam (4-membered cyclic amide) rings is 1. The highest BCUT2D eigenvalue weighted by atomic mass is 32.2. The number of thioether (sulfide) groups is 2. The number of hydrogen-bond donors (Lipinski definition) is 3. The van der Waals surface area contributed by atoms with Gasteiger partial charge in [-0.3, -0.25) is 18.9 Å². The average Bonchev–Trinajstić information content (AvgIpc) is 3.50. The number of thiazole rings is 1. The van der Waals surface area contributed by atoms with E-state index in [1.807, 2.05) is 6.07 Å². The molecule has 5 heterocycles. The Morgan fingerprint density at radius 1 is 1.47 bits per heavy atom. The number of amides is 2. The van der Waals surface area contributed by atoms with Gasteiger partial charge in [0.05, 0.1) is 22.5 Å². The van der Waals surface area contributed by atoms with Crippen LogP contribution >= 0.6 is 34.9 Å². The summed E-state index contributed by atoms with van der Waals surface area (Å²) in [6, 6.07) is 5.43. The number of rotatable bonds is 8. The molecule has 0 radical (unpaired) electrons. The van der Waals surface area contributed by atoms with Crippen molar-refractivity contribution in [3.8, 4) is 0 Å². The minimum Gasteiger partial charge on any atom is -0.477 e. The molecule has 186 valence electrons. The maximum atomic E-state index is 12.9. The molecular weight excluding hydrogens is 528 g/mol. The van der Waals surface area contributed by atoms with Crippen molar-refractivity contribution in [3.63, 3.8) is 0 Å². The molecule has 2 aliphatic rings. The molecule has 4 N–H and O–H groups in total. The number of fused-ring (bicyclic) bond motifs is 2. The van der Waals surface area contributed by atoms with E-state index in [0.717, 1.165) is 22.6 Å². The number of aromatic nitrogens is 4. The molecule has 0 bridgehead atoms. The van der Waals surface area contributed by atoms with E-state index in [2.05, 4.69) is 30.5 Å². The van der Waals surface area contributed by atoms with Gasteiger partial charge in [-0.25, -0.2) is 9.78 Å². The van der Waals surface area contributed by atoms with Gasteiger partial charge in [-0.2, -0.15) is 0 Å². The van der Waals surface area contributed by atoms with Crippen LogP contribution in [0, 0.1) is 0 Å². The first-order valence-corrected chi connectivity index (χ1v) is 13.1. The zero-order valence-corrected chi connectivity index (χ0v) is 21.0. The average molecular weight is 547 g/mol. The lowest BCUT2D eigenvalue weighted by Crippen LogP contribution is -2.61. The number of nitrogens with zero attached hydrogens (tertiary/aromatic N) is 6. The summed E-state index contributed by atoms with van der Waals surface area (Å²) in [4.78, 5) is 46.8. The predicted molar refractivity (Wildman–Crippen MR) is 133 cm³/mol. The lowest BCUT2D eigenvalue weighted by Gasteiger charge is -2.51. The lowest BCUT2D eigenvalue weighted by atomic mass is 9.98. The van der Waals surface area contributed by atoms with Crippen molar-refractivity contribution in [1.29, 1.82) is 0 Å². The van der Waals surface area contributed by atoms with Crippen molar-refractivity contribution in [2.45, 2.75) is 21.7 Å². The molecule has 13 nitrogen and oxygen atoms in total. The van der Waals surface area contributed by atoms with Crippen molar-refractivity contribution in [2.75, 3.05) is 18.6 Å². The third-order valence-electron chi connectivity index (χ3n) is 5.49. The van der Waals surface area contributed by atoms with Gasteiger partial charge in [0.1, 0.15) is 25.3 Å². The monoisotopic (exact) mass is 546 g/mol. The summed E-state index contributed by atoms with van der Waals surface area (Å²) < 4.78 is 1.76. The predicted octanol–water partition coefficient (Wildman–Crippen LogP) is 1.11. The molecule has 0 aliphatic carbocycles. The van der Waals surface area contributed by atoms with Crippen LogP contribution in [0.2, 0.25) is 0 Å². The standard InChI is InChI=1S/C20H18N8O5S3/c1-33-23-6-13(29)25-20(11-8-35-19(21)24-11)10(17(18(31)32)28-14(30)5-16(28)36-20)7-34-15-4-2-3-12-26-22-9-27(12)15/h2-4,6,8-9,16H,5,7H2,1H3,(H2,21,24)(H,25,29)(H,31,32)/t16-,20?/m0/s1. The van der Waals surface area contributed by atoms with Crippen molar-refractivity contribution >= 4 is 69.6 Å². The number of aliphatic carboxylic acids is 1. The van der Waals surface area contributed by atoms with Crippen LogP contribution in [0.5, 0.6) is 0 Å². The van der Waals surface area contributed by atoms with E-state index in [4.69, 9.17) is 5.73 Å². The van der Waals surface area contributed by atoms with Crippen molar-refractivity contribution in [3.05, 3.63) is 46.9 Å².